The number of carbonyl (C=O) groups excluding carboxylic acids is 1. The molecule has 1 fully saturated rings. The average molecular weight is 322 g/mol. The van der Waals surface area contributed by atoms with E-state index in [1.54, 1.807) is 0 Å². The molecule has 124 valence electrons. The molecule has 2 aliphatic rings. The smallest absolute Gasteiger partial charge is 0.226 e. The summed E-state index contributed by atoms with van der Waals surface area (Å²) in [5.74, 6) is 0.881. The number of aromatic nitrogens is 2. The molecule has 24 heavy (non-hydrogen) atoms. The van der Waals surface area contributed by atoms with Crippen LogP contribution in [-0.4, -0.2) is 29.0 Å². The molecule has 1 aromatic carbocycles. The van der Waals surface area contributed by atoms with E-state index in [0.717, 1.165) is 48.7 Å². The summed E-state index contributed by atoms with van der Waals surface area (Å²) in [5, 5.41) is 2.83. The highest BCUT2D eigenvalue weighted by Crippen LogP contribution is 2.32. The Labute approximate surface area is 142 Å². The quantitative estimate of drug-likeness (QED) is 0.939. The van der Waals surface area contributed by atoms with Gasteiger partial charge in [0.15, 0.2) is 0 Å². The van der Waals surface area contributed by atoms with Crippen molar-refractivity contribution in [2.24, 2.45) is 0 Å². The molecule has 0 radical (unpaired) electrons. The molecule has 1 aliphatic heterocycles. The minimum atomic E-state index is -0.00751. The zero-order valence-corrected chi connectivity index (χ0v) is 14.0. The van der Waals surface area contributed by atoms with Crippen LogP contribution in [0.15, 0.2) is 24.3 Å². The van der Waals surface area contributed by atoms with Crippen molar-refractivity contribution in [2.45, 2.75) is 39.2 Å². The highest BCUT2D eigenvalue weighted by molar-refractivity contribution is 5.73. The van der Waals surface area contributed by atoms with Gasteiger partial charge in [0, 0.05) is 43.4 Å². The van der Waals surface area contributed by atoms with Crippen LogP contribution in [0.5, 0.6) is 0 Å². The van der Waals surface area contributed by atoms with Crippen LogP contribution in [-0.2, 0) is 24.2 Å². The van der Waals surface area contributed by atoms with Crippen molar-refractivity contribution in [1.29, 1.82) is 0 Å². The summed E-state index contributed by atoms with van der Waals surface area (Å²) >= 11 is 0. The Balaban J connectivity index is 1.65. The normalized spacial score (nSPS) is 15.8. The lowest BCUT2D eigenvalue weighted by atomic mass is 10.0. The van der Waals surface area contributed by atoms with Crippen LogP contribution in [0, 0.1) is 0 Å². The number of fused-ring (bicyclic) bond motifs is 1. The summed E-state index contributed by atoms with van der Waals surface area (Å²) in [6.07, 6.45) is 4.53. The van der Waals surface area contributed by atoms with Crippen LogP contribution in [0.4, 0.5) is 5.95 Å². The van der Waals surface area contributed by atoms with Gasteiger partial charge in [-0.1, -0.05) is 24.3 Å². The van der Waals surface area contributed by atoms with Gasteiger partial charge in [-0.15, -0.1) is 0 Å². The third-order valence-corrected chi connectivity index (χ3v) is 4.83. The van der Waals surface area contributed by atoms with Crippen LogP contribution < -0.4 is 10.2 Å². The Morgan fingerprint density at radius 3 is 2.58 bits per heavy atom. The van der Waals surface area contributed by atoms with Crippen LogP contribution in [0.2, 0.25) is 0 Å². The predicted molar refractivity (Wildman–Crippen MR) is 93.8 cm³/mol. The van der Waals surface area contributed by atoms with E-state index >= 15 is 0 Å². The molecule has 1 amide bonds. The van der Waals surface area contributed by atoms with Crippen molar-refractivity contribution < 1.29 is 4.79 Å². The zero-order valence-electron chi connectivity index (χ0n) is 14.0. The van der Waals surface area contributed by atoms with E-state index in [4.69, 9.17) is 9.97 Å². The SMILES string of the molecule is CC(=O)NCc1ccc(-c2nc(N3CCC3)nc3c2CCC3)cc1. The van der Waals surface area contributed by atoms with Gasteiger partial charge >= 0.3 is 0 Å². The predicted octanol–water partition coefficient (Wildman–Crippen LogP) is 2.48. The lowest BCUT2D eigenvalue weighted by Gasteiger charge is -2.31. The largest absolute Gasteiger partial charge is 0.352 e. The van der Waals surface area contributed by atoms with Gasteiger partial charge in [0.1, 0.15) is 0 Å². The summed E-state index contributed by atoms with van der Waals surface area (Å²) in [5.41, 5.74) is 5.87. The topological polar surface area (TPSA) is 58.1 Å². The molecule has 0 saturated carbocycles. The van der Waals surface area contributed by atoms with Gasteiger partial charge in [-0.3, -0.25) is 4.79 Å². The molecule has 0 bridgehead atoms. The van der Waals surface area contributed by atoms with Gasteiger partial charge in [0.05, 0.1) is 5.69 Å². The Kier molecular flexibility index (Phi) is 3.92. The van der Waals surface area contributed by atoms with E-state index in [1.807, 2.05) is 0 Å². The number of amides is 1. The maximum absolute atomic E-state index is 11.0. The standard InChI is InChI=1S/C19H22N4O/c1-13(24)20-12-14-6-8-15(9-7-14)18-16-4-2-5-17(16)21-19(22-18)23-10-3-11-23/h6-9H,2-5,10-12H2,1H3,(H,20,24). The number of aryl methyl sites for hydroxylation is 1. The summed E-state index contributed by atoms with van der Waals surface area (Å²) in [6.45, 7) is 4.23. The van der Waals surface area contributed by atoms with E-state index in [1.165, 1.54) is 31.0 Å². The minimum Gasteiger partial charge on any atom is -0.352 e. The zero-order chi connectivity index (χ0) is 16.5. The first-order chi connectivity index (χ1) is 11.7. The maximum Gasteiger partial charge on any atom is 0.226 e. The van der Waals surface area contributed by atoms with Crippen LogP contribution >= 0.6 is 0 Å². The maximum atomic E-state index is 11.0. The molecule has 1 aliphatic carbocycles. The minimum absolute atomic E-state index is 0.00751. The Hall–Kier alpha value is -2.43. The fourth-order valence-electron chi connectivity index (χ4n) is 3.32. The highest BCUT2D eigenvalue weighted by atomic mass is 16.1. The van der Waals surface area contributed by atoms with Crippen molar-refractivity contribution in [3.8, 4) is 11.3 Å². The Morgan fingerprint density at radius 2 is 1.92 bits per heavy atom. The third kappa shape index (κ3) is 2.86. The lowest BCUT2D eigenvalue weighted by molar-refractivity contribution is -0.119. The first kappa shape index (κ1) is 15.1. The molecular formula is C19H22N4O. The first-order valence-corrected chi connectivity index (χ1v) is 8.69. The summed E-state index contributed by atoms with van der Waals surface area (Å²) in [7, 11) is 0. The molecule has 1 N–H and O–H groups in total. The van der Waals surface area contributed by atoms with Gasteiger partial charge in [-0.05, 0) is 31.2 Å². The summed E-state index contributed by atoms with van der Waals surface area (Å²) in [6, 6.07) is 8.35. The number of hydrogen-bond acceptors (Lipinski definition) is 4. The number of anilines is 1. The summed E-state index contributed by atoms with van der Waals surface area (Å²) in [4.78, 5) is 23.0. The van der Waals surface area contributed by atoms with E-state index < -0.39 is 0 Å². The fraction of sp³-hybridized carbons (Fsp3) is 0.421. The molecule has 2 heterocycles. The second-order valence-electron chi connectivity index (χ2n) is 6.60. The van der Waals surface area contributed by atoms with Gasteiger partial charge in [-0.25, -0.2) is 9.97 Å². The second kappa shape index (κ2) is 6.23. The molecule has 1 saturated heterocycles. The molecule has 4 rings (SSSR count). The van der Waals surface area contributed by atoms with Gasteiger partial charge < -0.3 is 10.2 Å². The average Bonchev–Trinajstić information content (AvgIpc) is 2.99. The number of carbonyl (C=O) groups is 1. The number of hydrogen-bond donors (Lipinski definition) is 1. The van der Waals surface area contributed by atoms with E-state index in [2.05, 4.69) is 34.5 Å². The molecule has 5 heteroatoms. The number of nitrogens with zero attached hydrogens (tertiary/aromatic N) is 3. The summed E-state index contributed by atoms with van der Waals surface area (Å²) < 4.78 is 0. The van der Waals surface area contributed by atoms with Crippen molar-refractivity contribution in [2.75, 3.05) is 18.0 Å². The van der Waals surface area contributed by atoms with Crippen LogP contribution in [0.1, 0.15) is 36.6 Å². The van der Waals surface area contributed by atoms with Crippen molar-refractivity contribution in [1.82, 2.24) is 15.3 Å². The Bertz CT molecular complexity index is 766. The molecule has 0 spiro atoms. The molecular weight excluding hydrogens is 300 g/mol. The van der Waals surface area contributed by atoms with E-state index in [0.29, 0.717) is 6.54 Å². The number of rotatable bonds is 4. The first-order valence-electron chi connectivity index (χ1n) is 8.69. The number of nitrogens with one attached hydrogen (secondary N) is 1. The van der Waals surface area contributed by atoms with E-state index in [-0.39, 0.29) is 5.91 Å². The fourth-order valence-corrected chi connectivity index (χ4v) is 3.32. The number of benzene rings is 1. The van der Waals surface area contributed by atoms with Gasteiger partial charge in [-0.2, -0.15) is 0 Å². The monoisotopic (exact) mass is 322 g/mol. The second-order valence-corrected chi connectivity index (χ2v) is 6.60. The molecule has 0 atom stereocenters. The van der Waals surface area contributed by atoms with Crippen molar-refractivity contribution in [3.05, 3.63) is 41.1 Å². The van der Waals surface area contributed by atoms with Crippen LogP contribution in [0.3, 0.4) is 0 Å². The van der Waals surface area contributed by atoms with Crippen molar-refractivity contribution in [3.63, 3.8) is 0 Å². The lowest BCUT2D eigenvalue weighted by Crippen LogP contribution is -2.38. The van der Waals surface area contributed by atoms with Crippen molar-refractivity contribution >= 4 is 11.9 Å². The van der Waals surface area contributed by atoms with Gasteiger partial charge in [0.25, 0.3) is 0 Å². The highest BCUT2D eigenvalue weighted by Gasteiger charge is 2.24. The van der Waals surface area contributed by atoms with E-state index in [9.17, 15) is 4.79 Å². The van der Waals surface area contributed by atoms with Gasteiger partial charge in [0.2, 0.25) is 11.9 Å². The van der Waals surface area contributed by atoms with Crippen LogP contribution in [0.25, 0.3) is 11.3 Å². The Morgan fingerprint density at radius 1 is 1.12 bits per heavy atom. The third-order valence-electron chi connectivity index (χ3n) is 4.83. The molecule has 1 aromatic heterocycles. The molecule has 2 aromatic rings. The molecule has 0 unspecified atom stereocenters. The molecule has 5 nitrogen and oxygen atoms in total.